The summed E-state index contributed by atoms with van der Waals surface area (Å²) in [5, 5.41) is 0. The summed E-state index contributed by atoms with van der Waals surface area (Å²) in [7, 11) is 1.37. The highest BCUT2D eigenvalue weighted by molar-refractivity contribution is 9.11. The van der Waals surface area contributed by atoms with Crippen LogP contribution < -0.4 is 0 Å². The largest absolute Gasteiger partial charge is 0.494 e. The Kier molecular flexibility index (Phi) is 4.03. The van der Waals surface area contributed by atoms with Crippen LogP contribution in [0.3, 0.4) is 0 Å². The quantitative estimate of drug-likeness (QED) is 0.510. The normalized spacial score (nSPS) is 11.9. The minimum atomic E-state index is -0.530. The third kappa shape index (κ3) is 2.35. The summed E-state index contributed by atoms with van der Waals surface area (Å²) in [5.74, 6) is -0.445. The van der Waals surface area contributed by atoms with E-state index in [0.717, 1.165) is 0 Å². The summed E-state index contributed by atoms with van der Waals surface area (Å²) >= 11 is 2.87. The van der Waals surface area contributed by atoms with E-state index in [1.54, 1.807) is 0 Å². The average molecular weight is 207 g/mol. The predicted molar refractivity (Wildman–Crippen MR) is 43.4 cm³/mol. The van der Waals surface area contributed by atoms with Gasteiger partial charge in [-0.15, -0.1) is 0 Å². The second-order valence-electron chi connectivity index (χ2n) is 1.49. The Bertz CT molecular complexity index is 184. The second kappa shape index (κ2) is 4.28. The van der Waals surface area contributed by atoms with Gasteiger partial charge < -0.3 is 4.74 Å². The minimum Gasteiger partial charge on any atom is -0.494 e. The van der Waals surface area contributed by atoms with Crippen LogP contribution in [-0.2, 0) is 4.74 Å². The lowest BCUT2D eigenvalue weighted by Crippen LogP contribution is -1.85. The molecule has 0 saturated heterocycles. The fourth-order valence-electron chi connectivity index (χ4n) is 0.396. The van der Waals surface area contributed by atoms with Gasteiger partial charge >= 0.3 is 0 Å². The molecule has 3 heteroatoms. The van der Waals surface area contributed by atoms with Gasteiger partial charge in [-0.25, -0.2) is 4.39 Å². The van der Waals surface area contributed by atoms with Crippen molar-refractivity contribution in [2.24, 2.45) is 0 Å². The van der Waals surface area contributed by atoms with Crippen molar-refractivity contribution >= 4 is 15.9 Å². The summed E-state index contributed by atoms with van der Waals surface area (Å²) < 4.78 is 17.5. The molecule has 56 valence electrons. The van der Waals surface area contributed by atoms with Crippen molar-refractivity contribution in [3.05, 3.63) is 35.3 Å². The van der Waals surface area contributed by atoms with Crippen molar-refractivity contribution in [3.63, 3.8) is 0 Å². The number of methoxy groups -OCH3 is 1. The van der Waals surface area contributed by atoms with Gasteiger partial charge in [0.1, 0.15) is 0 Å². The first-order valence-corrected chi connectivity index (χ1v) is 3.33. The van der Waals surface area contributed by atoms with Gasteiger partial charge in [-0.3, -0.25) is 0 Å². The molecule has 0 aliphatic rings. The molecular weight excluding hydrogens is 199 g/mol. The Labute approximate surface area is 68.0 Å². The molecular formula is C7H8BrFO. The van der Waals surface area contributed by atoms with Gasteiger partial charge in [0, 0.05) is 4.48 Å². The van der Waals surface area contributed by atoms with Crippen LogP contribution in [0.15, 0.2) is 35.3 Å². The molecule has 0 aromatic carbocycles. The van der Waals surface area contributed by atoms with Crippen molar-refractivity contribution in [3.8, 4) is 0 Å². The van der Waals surface area contributed by atoms with E-state index in [0.29, 0.717) is 0 Å². The third-order valence-corrected chi connectivity index (χ3v) is 1.21. The van der Waals surface area contributed by atoms with Crippen LogP contribution in [0, 0.1) is 0 Å². The number of allylic oxidation sites excluding steroid dienone is 3. The lowest BCUT2D eigenvalue weighted by Gasteiger charge is -2.00. The van der Waals surface area contributed by atoms with Gasteiger partial charge in [0.15, 0.2) is 11.6 Å². The van der Waals surface area contributed by atoms with E-state index in [1.165, 1.54) is 13.2 Å². The van der Waals surface area contributed by atoms with E-state index in [1.807, 2.05) is 0 Å². The molecule has 0 atom stereocenters. The van der Waals surface area contributed by atoms with Crippen LogP contribution in [0.4, 0.5) is 4.39 Å². The molecule has 1 nitrogen and oxygen atoms in total. The highest BCUT2D eigenvalue weighted by Gasteiger charge is 2.03. The molecule has 0 aliphatic heterocycles. The average Bonchev–Trinajstić information content (AvgIpc) is 1.90. The number of rotatable bonds is 3. The first-order valence-electron chi connectivity index (χ1n) is 2.54. The number of hydrogen-bond donors (Lipinski definition) is 0. The summed E-state index contributed by atoms with van der Waals surface area (Å²) in [6, 6.07) is 0. The van der Waals surface area contributed by atoms with Crippen LogP contribution in [-0.4, -0.2) is 7.11 Å². The van der Waals surface area contributed by atoms with Crippen LogP contribution in [0.5, 0.6) is 0 Å². The molecule has 0 saturated carbocycles. The standard InChI is InChI=1S/C7H8BrFO/c1-4-6(10-3)7(9)5(2)8/h4H,1-2H2,3H3/b7-6-. The smallest absolute Gasteiger partial charge is 0.178 e. The van der Waals surface area contributed by atoms with Gasteiger partial charge in [-0.1, -0.05) is 13.2 Å². The van der Waals surface area contributed by atoms with Crippen LogP contribution in [0.25, 0.3) is 0 Å². The molecule has 0 amide bonds. The molecule has 0 aromatic rings. The van der Waals surface area contributed by atoms with Crippen molar-refractivity contribution in [1.29, 1.82) is 0 Å². The Balaban J connectivity index is 4.59. The van der Waals surface area contributed by atoms with Crippen molar-refractivity contribution in [2.45, 2.75) is 0 Å². The maximum Gasteiger partial charge on any atom is 0.178 e. The van der Waals surface area contributed by atoms with Gasteiger partial charge in [0.2, 0.25) is 0 Å². The van der Waals surface area contributed by atoms with Gasteiger partial charge in [-0.2, -0.15) is 0 Å². The zero-order chi connectivity index (χ0) is 8.15. The first-order chi connectivity index (χ1) is 4.63. The zero-order valence-electron chi connectivity index (χ0n) is 5.66. The summed E-state index contributed by atoms with van der Waals surface area (Å²) in [6.07, 6.45) is 1.28. The maximum atomic E-state index is 12.7. The molecule has 0 heterocycles. The van der Waals surface area contributed by atoms with E-state index >= 15 is 0 Å². The van der Waals surface area contributed by atoms with Crippen molar-refractivity contribution in [1.82, 2.24) is 0 Å². The molecule has 0 N–H and O–H groups in total. The topological polar surface area (TPSA) is 9.23 Å². The number of hydrogen-bond acceptors (Lipinski definition) is 1. The predicted octanol–water partition coefficient (Wildman–Crippen LogP) is 2.91. The third-order valence-electron chi connectivity index (χ3n) is 0.860. The van der Waals surface area contributed by atoms with Crippen molar-refractivity contribution in [2.75, 3.05) is 7.11 Å². The molecule has 0 bridgehead atoms. The monoisotopic (exact) mass is 206 g/mol. The molecule has 10 heavy (non-hydrogen) atoms. The summed E-state index contributed by atoms with van der Waals surface area (Å²) in [5.41, 5.74) is 0. The maximum absolute atomic E-state index is 12.7. The molecule has 0 rings (SSSR count). The van der Waals surface area contributed by atoms with E-state index in [2.05, 4.69) is 33.8 Å². The highest BCUT2D eigenvalue weighted by atomic mass is 79.9. The van der Waals surface area contributed by atoms with E-state index in [-0.39, 0.29) is 10.2 Å². The molecule has 0 aliphatic carbocycles. The lowest BCUT2D eigenvalue weighted by atomic mass is 10.4. The first kappa shape index (κ1) is 9.43. The number of ether oxygens (including phenoxy) is 1. The summed E-state index contributed by atoms with van der Waals surface area (Å²) in [6.45, 7) is 6.68. The Morgan fingerprint density at radius 3 is 2.30 bits per heavy atom. The van der Waals surface area contributed by atoms with Crippen LogP contribution in [0.2, 0.25) is 0 Å². The molecule has 0 spiro atoms. The minimum absolute atomic E-state index is 0.0851. The Morgan fingerprint density at radius 1 is 1.70 bits per heavy atom. The van der Waals surface area contributed by atoms with E-state index in [4.69, 9.17) is 0 Å². The van der Waals surface area contributed by atoms with Crippen molar-refractivity contribution < 1.29 is 9.13 Å². The molecule has 0 fully saturated rings. The fourth-order valence-corrected chi connectivity index (χ4v) is 0.592. The molecule has 0 unspecified atom stereocenters. The highest BCUT2D eigenvalue weighted by Crippen LogP contribution is 2.20. The van der Waals surface area contributed by atoms with Gasteiger partial charge in [-0.05, 0) is 22.0 Å². The Morgan fingerprint density at radius 2 is 2.20 bits per heavy atom. The van der Waals surface area contributed by atoms with Gasteiger partial charge in [0.25, 0.3) is 0 Å². The van der Waals surface area contributed by atoms with E-state index < -0.39 is 5.83 Å². The van der Waals surface area contributed by atoms with Crippen LogP contribution in [0.1, 0.15) is 0 Å². The fraction of sp³-hybridized carbons (Fsp3) is 0.143. The zero-order valence-corrected chi connectivity index (χ0v) is 7.24. The summed E-state index contributed by atoms with van der Waals surface area (Å²) in [4.78, 5) is 0. The Hall–Kier alpha value is -0.570. The molecule has 0 radical (unpaired) electrons. The number of halogens is 2. The van der Waals surface area contributed by atoms with Gasteiger partial charge in [0.05, 0.1) is 7.11 Å². The molecule has 0 aromatic heterocycles. The second-order valence-corrected chi connectivity index (χ2v) is 2.45. The van der Waals surface area contributed by atoms with Crippen LogP contribution >= 0.6 is 15.9 Å². The lowest BCUT2D eigenvalue weighted by molar-refractivity contribution is 0.293. The SMILES string of the molecule is C=C/C(OC)=C(/F)C(=C)Br. The van der Waals surface area contributed by atoms with E-state index in [9.17, 15) is 4.39 Å².